The lowest BCUT2D eigenvalue weighted by molar-refractivity contribution is -0.143. The van der Waals surface area contributed by atoms with Gasteiger partial charge in [0.25, 0.3) is 0 Å². The molecule has 110 valence electrons. The van der Waals surface area contributed by atoms with Crippen LogP contribution in [0.1, 0.15) is 25.7 Å². The molecule has 0 aliphatic carbocycles. The van der Waals surface area contributed by atoms with E-state index in [-0.39, 0.29) is 5.97 Å². The van der Waals surface area contributed by atoms with Gasteiger partial charge in [-0.25, -0.2) is 0 Å². The maximum absolute atomic E-state index is 11.4. The lowest BCUT2D eigenvalue weighted by Crippen LogP contribution is -2.17. The fourth-order valence-electron chi connectivity index (χ4n) is 1.83. The number of rotatable bonds is 9. The summed E-state index contributed by atoms with van der Waals surface area (Å²) in [5, 5.41) is 11.4. The monoisotopic (exact) mass is 279 g/mol. The Morgan fingerprint density at radius 1 is 1.30 bits per heavy atom. The van der Waals surface area contributed by atoms with Gasteiger partial charge in [-0.15, -0.1) is 5.16 Å². The molecule has 0 fully saturated rings. The lowest BCUT2D eigenvalue weighted by atomic mass is 10.0. The molecule has 1 atom stereocenters. The van der Waals surface area contributed by atoms with Gasteiger partial charge in [0.2, 0.25) is 0 Å². The fraction of sp³-hybridized carbons (Fsp3) is 0.467. The summed E-state index contributed by atoms with van der Waals surface area (Å²) in [7, 11) is 1.33. The first-order valence-corrected chi connectivity index (χ1v) is 6.71. The molecule has 0 aromatic heterocycles. The maximum Gasteiger partial charge on any atom is 0.314 e. The number of carbonyl (C=O) groups is 1. The SMILES string of the molecule is COC(=O)C(/C=N\O)CCCCCOc1ccccc1. The van der Waals surface area contributed by atoms with Crippen molar-refractivity contribution in [2.24, 2.45) is 11.1 Å². The quantitative estimate of drug-likeness (QED) is 0.248. The minimum atomic E-state index is -0.472. The molecule has 0 radical (unpaired) electrons. The van der Waals surface area contributed by atoms with Crippen molar-refractivity contribution in [3.05, 3.63) is 30.3 Å². The van der Waals surface area contributed by atoms with Crippen LogP contribution < -0.4 is 4.74 Å². The second kappa shape index (κ2) is 9.83. The van der Waals surface area contributed by atoms with Gasteiger partial charge < -0.3 is 14.7 Å². The van der Waals surface area contributed by atoms with Gasteiger partial charge in [0.05, 0.1) is 25.8 Å². The third-order valence-corrected chi connectivity index (χ3v) is 2.92. The van der Waals surface area contributed by atoms with Crippen LogP contribution in [0.2, 0.25) is 0 Å². The molecule has 0 spiro atoms. The molecule has 0 bridgehead atoms. The zero-order valence-corrected chi connectivity index (χ0v) is 11.7. The molecule has 1 N–H and O–H groups in total. The van der Waals surface area contributed by atoms with Crippen molar-refractivity contribution < 1.29 is 19.5 Å². The van der Waals surface area contributed by atoms with Crippen molar-refractivity contribution in [3.8, 4) is 5.75 Å². The average Bonchev–Trinajstić information content (AvgIpc) is 2.49. The van der Waals surface area contributed by atoms with Gasteiger partial charge in [-0.3, -0.25) is 4.79 Å². The van der Waals surface area contributed by atoms with Crippen LogP contribution in [0.4, 0.5) is 0 Å². The first-order valence-electron chi connectivity index (χ1n) is 6.71. The van der Waals surface area contributed by atoms with Crippen LogP contribution in [0, 0.1) is 5.92 Å². The van der Waals surface area contributed by atoms with Crippen molar-refractivity contribution >= 4 is 12.2 Å². The van der Waals surface area contributed by atoms with E-state index in [0.29, 0.717) is 13.0 Å². The molecular formula is C15H21NO4. The van der Waals surface area contributed by atoms with Gasteiger partial charge in [0, 0.05) is 0 Å². The summed E-state index contributed by atoms with van der Waals surface area (Å²) in [5.74, 6) is 0.0238. The highest BCUT2D eigenvalue weighted by Gasteiger charge is 2.16. The Balaban J connectivity index is 2.13. The first-order chi connectivity index (χ1) is 9.77. The molecular weight excluding hydrogens is 258 g/mol. The Hall–Kier alpha value is -2.04. The number of hydrogen-bond acceptors (Lipinski definition) is 5. The number of carbonyl (C=O) groups excluding carboxylic acids is 1. The molecule has 20 heavy (non-hydrogen) atoms. The fourth-order valence-corrected chi connectivity index (χ4v) is 1.83. The molecule has 1 aromatic rings. The molecule has 0 saturated heterocycles. The highest BCUT2D eigenvalue weighted by molar-refractivity contribution is 5.89. The zero-order valence-electron chi connectivity index (χ0n) is 11.7. The average molecular weight is 279 g/mol. The van der Waals surface area contributed by atoms with Crippen LogP contribution in [-0.4, -0.2) is 31.1 Å². The number of benzene rings is 1. The zero-order chi connectivity index (χ0) is 14.6. The molecule has 0 heterocycles. The van der Waals surface area contributed by atoms with Crippen molar-refractivity contribution in [1.82, 2.24) is 0 Å². The van der Waals surface area contributed by atoms with Gasteiger partial charge in [0.1, 0.15) is 5.75 Å². The van der Waals surface area contributed by atoms with E-state index in [4.69, 9.17) is 9.94 Å². The molecule has 5 heteroatoms. The number of para-hydroxylation sites is 1. The van der Waals surface area contributed by atoms with Gasteiger partial charge in [0.15, 0.2) is 0 Å². The highest BCUT2D eigenvalue weighted by atomic mass is 16.5. The summed E-state index contributed by atoms with van der Waals surface area (Å²) in [5.41, 5.74) is 0. The predicted octanol–water partition coefficient (Wildman–Crippen LogP) is 2.88. The van der Waals surface area contributed by atoms with Crippen LogP contribution in [0.25, 0.3) is 0 Å². The Bertz CT molecular complexity index is 406. The van der Waals surface area contributed by atoms with E-state index >= 15 is 0 Å². The van der Waals surface area contributed by atoms with Crippen molar-refractivity contribution in [2.75, 3.05) is 13.7 Å². The van der Waals surface area contributed by atoms with E-state index < -0.39 is 5.92 Å². The molecule has 0 aliphatic heterocycles. The number of unbranched alkanes of at least 4 members (excludes halogenated alkanes) is 2. The maximum atomic E-state index is 11.4. The molecule has 0 aliphatic rings. The van der Waals surface area contributed by atoms with E-state index in [9.17, 15) is 4.79 Å². The van der Waals surface area contributed by atoms with Crippen LogP contribution in [0.3, 0.4) is 0 Å². The van der Waals surface area contributed by atoms with Crippen molar-refractivity contribution in [2.45, 2.75) is 25.7 Å². The van der Waals surface area contributed by atoms with Crippen LogP contribution in [-0.2, 0) is 9.53 Å². The van der Waals surface area contributed by atoms with E-state index in [0.717, 1.165) is 25.0 Å². The van der Waals surface area contributed by atoms with E-state index in [1.165, 1.54) is 13.3 Å². The number of oxime groups is 1. The van der Waals surface area contributed by atoms with Crippen LogP contribution in [0.15, 0.2) is 35.5 Å². The minimum absolute atomic E-state index is 0.372. The largest absolute Gasteiger partial charge is 0.494 e. The van der Waals surface area contributed by atoms with Crippen molar-refractivity contribution in [3.63, 3.8) is 0 Å². The molecule has 5 nitrogen and oxygen atoms in total. The summed E-state index contributed by atoms with van der Waals surface area (Å²) < 4.78 is 10.2. The van der Waals surface area contributed by atoms with Gasteiger partial charge in [-0.1, -0.05) is 31.0 Å². The second-order valence-electron chi connectivity index (χ2n) is 4.41. The molecule has 1 unspecified atom stereocenters. The third-order valence-electron chi connectivity index (χ3n) is 2.92. The summed E-state index contributed by atoms with van der Waals surface area (Å²) in [6, 6.07) is 9.66. The summed E-state index contributed by atoms with van der Waals surface area (Å²) in [4.78, 5) is 11.4. The second-order valence-corrected chi connectivity index (χ2v) is 4.41. The Kier molecular flexibility index (Phi) is 7.87. The Morgan fingerprint density at radius 3 is 2.70 bits per heavy atom. The van der Waals surface area contributed by atoms with E-state index in [2.05, 4.69) is 9.89 Å². The Labute approximate surface area is 119 Å². The summed E-state index contributed by atoms with van der Waals surface area (Å²) in [6.07, 6.45) is 4.54. The smallest absolute Gasteiger partial charge is 0.314 e. The van der Waals surface area contributed by atoms with Crippen LogP contribution >= 0.6 is 0 Å². The lowest BCUT2D eigenvalue weighted by Gasteiger charge is -2.09. The van der Waals surface area contributed by atoms with Crippen LogP contribution in [0.5, 0.6) is 5.75 Å². The number of ether oxygens (including phenoxy) is 2. The summed E-state index contributed by atoms with van der Waals surface area (Å²) in [6.45, 7) is 0.654. The van der Waals surface area contributed by atoms with E-state index in [1.807, 2.05) is 30.3 Å². The topological polar surface area (TPSA) is 68.1 Å². The van der Waals surface area contributed by atoms with Gasteiger partial charge >= 0.3 is 5.97 Å². The minimum Gasteiger partial charge on any atom is -0.494 e. The van der Waals surface area contributed by atoms with E-state index in [1.54, 1.807) is 0 Å². The van der Waals surface area contributed by atoms with Gasteiger partial charge in [-0.2, -0.15) is 0 Å². The molecule has 0 saturated carbocycles. The number of hydrogen-bond donors (Lipinski definition) is 1. The standard InChI is InChI=1S/C15H21NO4/c1-19-15(17)13(12-16-18)8-4-3-7-11-20-14-9-5-2-6-10-14/h2,5-6,9-10,12-13,18H,3-4,7-8,11H2,1H3/b16-12-. The van der Waals surface area contributed by atoms with Gasteiger partial charge in [-0.05, 0) is 25.0 Å². The number of esters is 1. The molecule has 0 amide bonds. The predicted molar refractivity (Wildman–Crippen MR) is 76.2 cm³/mol. The molecule has 1 aromatic carbocycles. The number of nitrogens with zero attached hydrogens (tertiary/aromatic N) is 1. The highest BCUT2D eigenvalue weighted by Crippen LogP contribution is 2.12. The normalized spacial score (nSPS) is 12.2. The molecule has 1 rings (SSSR count). The van der Waals surface area contributed by atoms with Crippen molar-refractivity contribution in [1.29, 1.82) is 0 Å². The third kappa shape index (κ3) is 6.22. The summed E-state index contributed by atoms with van der Waals surface area (Å²) >= 11 is 0. The Morgan fingerprint density at radius 2 is 2.05 bits per heavy atom. The first kappa shape index (κ1) is 16.0. The number of methoxy groups -OCH3 is 1.